The van der Waals surface area contributed by atoms with E-state index in [1.54, 1.807) is 25.1 Å². The molecule has 2 aromatic rings. The fourth-order valence-corrected chi connectivity index (χ4v) is 2.49. The number of ether oxygens (including phenoxy) is 2. The molecule has 0 fully saturated rings. The van der Waals surface area contributed by atoms with E-state index in [0.29, 0.717) is 5.39 Å². The molecule has 0 bridgehead atoms. The predicted octanol–water partition coefficient (Wildman–Crippen LogP) is 1.97. The van der Waals surface area contributed by atoms with Gasteiger partial charge in [0.2, 0.25) is 0 Å². The summed E-state index contributed by atoms with van der Waals surface area (Å²) in [6.45, 7) is 1.81. The Morgan fingerprint density at radius 3 is 2.33 bits per heavy atom. The molecule has 0 saturated heterocycles. The van der Waals surface area contributed by atoms with Crippen molar-refractivity contribution < 1.29 is 27.2 Å². The first-order valence-electron chi connectivity index (χ1n) is 5.77. The minimum atomic E-state index is -4.36. The van der Waals surface area contributed by atoms with Crippen LogP contribution in [-0.4, -0.2) is 55.3 Å². The summed E-state index contributed by atoms with van der Waals surface area (Å²) in [6, 6.07) is 8.84. The van der Waals surface area contributed by atoms with E-state index in [-0.39, 0.29) is 52.2 Å². The van der Waals surface area contributed by atoms with Crippen molar-refractivity contribution >= 4 is 56.6 Å². The van der Waals surface area contributed by atoms with Crippen LogP contribution in [0.5, 0.6) is 5.75 Å². The molecule has 2 aromatic carbocycles. The number of carbonyl (C=O) groups is 1. The number of hydrogen-bond donors (Lipinski definition) is 1. The Morgan fingerprint density at radius 2 is 1.76 bits per heavy atom. The van der Waals surface area contributed by atoms with E-state index in [0.717, 1.165) is 0 Å². The quantitative estimate of drug-likeness (QED) is 0.402. The summed E-state index contributed by atoms with van der Waals surface area (Å²) in [5, 5.41) is 0.646. The first-order chi connectivity index (χ1) is 9.43. The first-order valence-corrected chi connectivity index (χ1v) is 7.21. The van der Waals surface area contributed by atoms with E-state index >= 15 is 0 Å². The van der Waals surface area contributed by atoms with Gasteiger partial charge in [-0.2, -0.15) is 8.42 Å². The second-order valence-electron chi connectivity index (χ2n) is 3.87. The molecule has 0 amide bonds. The fraction of sp³-hybridized carbons (Fsp3) is 0.154. The second kappa shape index (κ2) is 7.24. The van der Waals surface area contributed by atoms with Crippen LogP contribution in [0, 0.1) is 0 Å². The van der Waals surface area contributed by atoms with Crippen LogP contribution in [0.15, 0.2) is 41.3 Å². The zero-order valence-corrected chi connectivity index (χ0v) is 11.4. The Kier molecular flexibility index (Phi) is 6.18. The fourth-order valence-electron chi connectivity index (χ4n) is 1.79. The van der Waals surface area contributed by atoms with Crippen LogP contribution in [0.4, 0.5) is 4.79 Å². The third kappa shape index (κ3) is 4.18. The normalized spacial score (nSPS) is 10.8. The summed E-state index contributed by atoms with van der Waals surface area (Å²) in [5.74, 6) is 0.159. The summed E-state index contributed by atoms with van der Waals surface area (Å²) in [6.07, 6.45) is -0.878. The van der Waals surface area contributed by atoms with Crippen molar-refractivity contribution in [1.82, 2.24) is 0 Å². The predicted molar refractivity (Wildman–Crippen MR) is 78.6 cm³/mol. The number of rotatable bonds is 3. The third-order valence-electron chi connectivity index (χ3n) is 2.58. The van der Waals surface area contributed by atoms with Gasteiger partial charge in [-0.15, -0.1) is 0 Å². The standard InChI is InChI=1S/C13H12O6S.Na.H/c1-2-18-13(14)19-11-7-8-12(20(15,16)17)10-6-4-3-5-9(10)11;;/h3-8H,2H2,1H3,(H,15,16,17);;. The van der Waals surface area contributed by atoms with Gasteiger partial charge in [0, 0.05) is 10.8 Å². The zero-order chi connectivity index (χ0) is 14.8. The van der Waals surface area contributed by atoms with E-state index in [1.807, 2.05) is 0 Å². The van der Waals surface area contributed by atoms with Crippen LogP contribution in [-0.2, 0) is 14.9 Å². The summed E-state index contributed by atoms with van der Waals surface area (Å²) < 4.78 is 41.5. The first kappa shape index (κ1) is 17.9. The molecule has 1 N–H and O–H groups in total. The summed E-state index contributed by atoms with van der Waals surface area (Å²) in [7, 11) is -4.36. The van der Waals surface area contributed by atoms with Crippen LogP contribution < -0.4 is 4.74 Å². The van der Waals surface area contributed by atoms with Crippen molar-refractivity contribution in [2.75, 3.05) is 6.61 Å². The molecule has 0 aliphatic heterocycles. The summed E-state index contributed by atoms with van der Waals surface area (Å²) in [5.41, 5.74) is 0. The van der Waals surface area contributed by atoms with Crippen molar-refractivity contribution in [2.24, 2.45) is 0 Å². The molecule has 0 aromatic heterocycles. The van der Waals surface area contributed by atoms with E-state index in [9.17, 15) is 17.8 Å². The maximum atomic E-state index is 11.3. The average Bonchev–Trinajstić information content (AvgIpc) is 2.38. The molecule has 0 aliphatic carbocycles. The van der Waals surface area contributed by atoms with Crippen LogP contribution in [0.25, 0.3) is 10.8 Å². The molecule has 0 aliphatic rings. The number of benzene rings is 2. The Labute approximate surface area is 144 Å². The van der Waals surface area contributed by atoms with Crippen molar-refractivity contribution in [3.63, 3.8) is 0 Å². The van der Waals surface area contributed by atoms with Gasteiger partial charge < -0.3 is 9.47 Å². The van der Waals surface area contributed by atoms with Gasteiger partial charge >= 0.3 is 35.7 Å². The minimum absolute atomic E-state index is 0. The Bertz CT molecular complexity index is 756. The topological polar surface area (TPSA) is 89.9 Å². The molecule has 6 nitrogen and oxygen atoms in total. The van der Waals surface area contributed by atoms with Crippen molar-refractivity contribution in [3.8, 4) is 5.75 Å². The number of hydrogen-bond acceptors (Lipinski definition) is 5. The van der Waals surface area contributed by atoms with Gasteiger partial charge in [0.05, 0.1) is 6.61 Å². The van der Waals surface area contributed by atoms with E-state index in [1.165, 1.54) is 18.2 Å². The Balaban J connectivity index is 0.00000220. The van der Waals surface area contributed by atoms with Crippen molar-refractivity contribution in [1.29, 1.82) is 0 Å². The van der Waals surface area contributed by atoms with Gasteiger partial charge in [0.1, 0.15) is 10.6 Å². The molecule has 2 rings (SSSR count). The molecule has 0 heterocycles. The van der Waals surface area contributed by atoms with Crippen LogP contribution in [0.2, 0.25) is 0 Å². The third-order valence-corrected chi connectivity index (χ3v) is 3.49. The molecule has 0 atom stereocenters. The molecule has 0 radical (unpaired) electrons. The van der Waals surface area contributed by atoms with Crippen molar-refractivity contribution in [3.05, 3.63) is 36.4 Å². The Morgan fingerprint density at radius 1 is 1.14 bits per heavy atom. The SMILES string of the molecule is CCOC(=O)Oc1ccc(S(=O)(=O)O)c2ccccc12.[NaH]. The number of carbonyl (C=O) groups excluding carboxylic acids is 1. The second-order valence-corrected chi connectivity index (χ2v) is 5.26. The molecule has 108 valence electrons. The van der Waals surface area contributed by atoms with Gasteiger partial charge in [-0.3, -0.25) is 4.55 Å². The van der Waals surface area contributed by atoms with Gasteiger partial charge in [-0.1, -0.05) is 24.3 Å². The van der Waals surface area contributed by atoms with Crippen LogP contribution >= 0.6 is 0 Å². The van der Waals surface area contributed by atoms with Crippen molar-refractivity contribution in [2.45, 2.75) is 11.8 Å². The zero-order valence-electron chi connectivity index (χ0n) is 10.6. The molecule has 8 heteroatoms. The van der Waals surface area contributed by atoms with Gasteiger partial charge in [0.25, 0.3) is 10.1 Å². The molecule has 21 heavy (non-hydrogen) atoms. The van der Waals surface area contributed by atoms with Crippen LogP contribution in [0.1, 0.15) is 6.92 Å². The van der Waals surface area contributed by atoms with Gasteiger partial charge in [-0.25, -0.2) is 4.79 Å². The van der Waals surface area contributed by atoms with Crippen LogP contribution in [0.3, 0.4) is 0 Å². The molecular formula is C13H13NaO6S. The van der Waals surface area contributed by atoms with E-state index in [2.05, 4.69) is 4.74 Å². The summed E-state index contributed by atoms with van der Waals surface area (Å²) in [4.78, 5) is 11.1. The maximum absolute atomic E-state index is 11.3. The molecule has 0 saturated carbocycles. The van der Waals surface area contributed by atoms with E-state index < -0.39 is 16.3 Å². The molecular weight excluding hydrogens is 307 g/mol. The molecule has 0 spiro atoms. The number of fused-ring (bicyclic) bond motifs is 1. The monoisotopic (exact) mass is 320 g/mol. The molecule has 0 unspecified atom stereocenters. The Hall–Kier alpha value is -1.12. The average molecular weight is 320 g/mol. The summed E-state index contributed by atoms with van der Waals surface area (Å²) >= 11 is 0. The van der Waals surface area contributed by atoms with E-state index in [4.69, 9.17) is 4.74 Å². The van der Waals surface area contributed by atoms with Gasteiger partial charge in [-0.05, 0) is 19.1 Å². The van der Waals surface area contributed by atoms with Gasteiger partial charge in [0.15, 0.2) is 0 Å².